The Balaban J connectivity index is 2.41. The van der Waals surface area contributed by atoms with E-state index in [1.54, 1.807) is 6.92 Å². The van der Waals surface area contributed by atoms with Crippen LogP contribution >= 0.6 is 11.3 Å². The third kappa shape index (κ3) is 2.48. The Morgan fingerprint density at radius 2 is 2.11 bits per heavy atom. The summed E-state index contributed by atoms with van der Waals surface area (Å²) in [6.45, 7) is 2.08. The average molecular weight is 268 g/mol. The fraction of sp³-hybridized carbons (Fsp3) is 0.500. The first kappa shape index (κ1) is 12.9. The molecule has 0 saturated heterocycles. The lowest BCUT2D eigenvalue weighted by atomic mass is 9.95. The molecule has 0 bridgehead atoms. The van der Waals surface area contributed by atoms with Crippen molar-refractivity contribution in [3.8, 4) is 0 Å². The van der Waals surface area contributed by atoms with Crippen LogP contribution in [0.25, 0.3) is 0 Å². The molecule has 5 nitrogen and oxygen atoms in total. The smallest absolute Gasteiger partial charge is 0.341 e. The topological polar surface area (TPSA) is 81.4 Å². The van der Waals surface area contributed by atoms with E-state index in [0.717, 1.165) is 36.1 Å². The molecular formula is C12H16N2O3S. The highest BCUT2D eigenvalue weighted by atomic mass is 32.1. The maximum Gasteiger partial charge on any atom is 0.341 e. The van der Waals surface area contributed by atoms with E-state index in [1.807, 2.05) is 0 Å². The lowest BCUT2D eigenvalue weighted by Crippen LogP contribution is -2.20. The fourth-order valence-corrected chi connectivity index (χ4v) is 3.47. The van der Waals surface area contributed by atoms with Crippen molar-refractivity contribution < 1.29 is 14.3 Å². The number of ether oxygens (including phenoxy) is 1. The molecule has 0 aliphatic heterocycles. The van der Waals surface area contributed by atoms with Crippen LogP contribution in [0.4, 0.5) is 9.80 Å². The van der Waals surface area contributed by atoms with Gasteiger partial charge in [0.2, 0.25) is 0 Å². The maximum absolute atomic E-state index is 12.0. The highest BCUT2D eigenvalue weighted by Crippen LogP contribution is 2.38. The molecule has 0 fully saturated rings. The zero-order chi connectivity index (χ0) is 13.1. The summed E-state index contributed by atoms with van der Waals surface area (Å²) in [5.74, 6) is -0.374. The summed E-state index contributed by atoms with van der Waals surface area (Å²) < 4.78 is 5.05. The van der Waals surface area contributed by atoms with Crippen molar-refractivity contribution in [2.45, 2.75) is 32.6 Å². The fourth-order valence-electron chi connectivity index (χ4n) is 2.19. The molecule has 1 heterocycles. The molecule has 0 saturated carbocycles. The van der Waals surface area contributed by atoms with E-state index in [4.69, 9.17) is 10.5 Å². The highest BCUT2D eigenvalue weighted by molar-refractivity contribution is 7.17. The Morgan fingerprint density at radius 1 is 1.39 bits per heavy atom. The van der Waals surface area contributed by atoms with Crippen LogP contribution in [-0.2, 0) is 17.6 Å². The summed E-state index contributed by atoms with van der Waals surface area (Å²) in [4.78, 5) is 24.1. The van der Waals surface area contributed by atoms with Crippen molar-refractivity contribution in [2.75, 3.05) is 11.9 Å². The number of anilines is 1. The minimum absolute atomic E-state index is 0.319. The van der Waals surface area contributed by atoms with Gasteiger partial charge in [-0.2, -0.15) is 0 Å². The van der Waals surface area contributed by atoms with Gasteiger partial charge < -0.3 is 10.5 Å². The molecule has 0 aromatic carbocycles. The van der Waals surface area contributed by atoms with E-state index in [0.29, 0.717) is 17.2 Å². The molecule has 2 rings (SSSR count). The molecule has 3 N–H and O–H groups in total. The first-order valence-electron chi connectivity index (χ1n) is 6.01. The van der Waals surface area contributed by atoms with Gasteiger partial charge in [-0.15, -0.1) is 11.3 Å². The second kappa shape index (κ2) is 5.39. The van der Waals surface area contributed by atoms with Crippen LogP contribution in [0.2, 0.25) is 0 Å². The van der Waals surface area contributed by atoms with Crippen LogP contribution in [-0.4, -0.2) is 18.6 Å². The van der Waals surface area contributed by atoms with Crippen molar-refractivity contribution >= 4 is 28.3 Å². The quantitative estimate of drug-likeness (QED) is 0.825. The molecule has 1 aliphatic carbocycles. The minimum atomic E-state index is -0.654. The summed E-state index contributed by atoms with van der Waals surface area (Å²) in [6.07, 6.45) is 3.99. The van der Waals surface area contributed by atoms with Crippen LogP contribution in [0, 0.1) is 0 Å². The zero-order valence-corrected chi connectivity index (χ0v) is 11.1. The van der Waals surface area contributed by atoms with Crippen molar-refractivity contribution in [1.82, 2.24) is 0 Å². The number of rotatable bonds is 3. The number of hydrogen-bond donors (Lipinski definition) is 2. The number of hydrogen-bond acceptors (Lipinski definition) is 4. The number of thiophene rings is 1. The summed E-state index contributed by atoms with van der Waals surface area (Å²) in [7, 11) is 0. The molecule has 1 aromatic heterocycles. The summed E-state index contributed by atoms with van der Waals surface area (Å²) in [5.41, 5.74) is 6.65. The Hall–Kier alpha value is -1.56. The first-order valence-corrected chi connectivity index (χ1v) is 6.83. The molecule has 98 valence electrons. The molecular weight excluding hydrogens is 252 g/mol. The molecule has 0 atom stereocenters. The van der Waals surface area contributed by atoms with Gasteiger partial charge in [0.15, 0.2) is 0 Å². The van der Waals surface area contributed by atoms with Crippen LogP contribution in [0.1, 0.15) is 40.6 Å². The largest absolute Gasteiger partial charge is 0.462 e. The number of nitrogens with one attached hydrogen (secondary N) is 1. The summed E-state index contributed by atoms with van der Waals surface area (Å²) in [5, 5.41) is 3.05. The van der Waals surface area contributed by atoms with Crippen LogP contribution in [0.3, 0.4) is 0 Å². The van der Waals surface area contributed by atoms with Gasteiger partial charge in [-0.25, -0.2) is 9.59 Å². The maximum atomic E-state index is 12.0. The van der Waals surface area contributed by atoms with Crippen LogP contribution in [0.5, 0.6) is 0 Å². The Labute approximate surface area is 109 Å². The van der Waals surface area contributed by atoms with Gasteiger partial charge in [-0.05, 0) is 38.2 Å². The van der Waals surface area contributed by atoms with Crippen LogP contribution in [0.15, 0.2) is 0 Å². The minimum Gasteiger partial charge on any atom is -0.462 e. The number of amides is 2. The molecule has 2 amide bonds. The Bertz CT molecular complexity index is 482. The molecule has 1 aromatic rings. The third-order valence-electron chi connectivity index (χ3n) is 2.89. The van der Waals surface area contributed by atoms with Gasteiger partial charge in [-0.3, -0.25) is 5.32 Å². The number of nitrogens with two attached hydrogens (primary N) is 1. The van der Waals surface area contributed by atoms with Crippen molar-refractivity contribution in [2.24, 2.45) is 5.73 Å². The standard InChI is InChI=1S/C12H16N2O3S/c1-2-17-11(15)9-7-5-3-4-6-8(7)18-10(9)14-12(13)16/h2-6H2,1H3,(H3,13,14,16). The van der Waals surface area contributed by atoms with E-state index in [1.165, 1.54) is 11.3 Å². The van der Waals surface area contributed by atoms with Gasteiger partial charge in [-0.1, -0.05) is 0 Å². The van der Waals surface area contributed by atoms with Gasteiger partial charge in [0.05, 0.1) is 12.2 Å². The van der Waals surface area contributed by atoms with Crippen molar-refractivity contribution in [3.63, 3.8) is 0 Å². The predicted octanol–water partition coefficient (Wildman–Crippen LogP) is 2.29. The highest BCUT2D eigenvalue weighted by Gasteiger charge is 2.26. The number of esters is 1. The predicted molar refractivity (Wildman–Crippen MR) is 70.1 cm³/mol. The van der Waals surface area contributed by atoms with E-state index < -0.39 is 6.03 Å². The van der Waals surface area contributed by atoms with Crippen molar-refractivity contribution in [1.29, 1.82) is 0 Å². The number of fused-ring (bicyclic) bond motifs is 1. The summed E-state index contributed by atoms with van der Waals surface area (Å²) in [6, 6.07) is -0.654. The van der Waals surface area contributed by atoms with E-state index in [-0.39, 0.29) is 5.97 Å². The molecule has 0 spiro atoms. The second-order valence-electron chi connectivity index (χ2n) is 4.12. The molecule has 6 heteroatoms. The normalized spacial score (nSPS) is 13.8. The van der Waals surface area contributed by atoms with E-state index in [2.05, 4.69) is 5.32 Å². The molecule has 18 heavy (non-hydrogen) atoms. The SMILES string of the molecule is CCOC(=O)c1c(NC(N)=O)sc2c1CCCC2. The number of urea groups is 1. The van der Waals surface area contributed by atoms with Crippen molar-refractivity contribution in [3.05, 3.63) is 16.0 Å². The number of primary amides is 1. The number of carbonyl (C=O) groups excluding carboxylic acids is 2. The number of aryl methyl sites for hydroxylation is 1. The zero-order valence-electron chi connectivity index (χ0n) is 10.2. The second-order valence-corrected chi connectivity index (χ2v) is 5.23. The van der Waals surface area contributed by atoms with E-state index >= 15 is 0 Å². The van der Waals surface area contributed by atoms with Gasteiger partial charge >= 0.3 is 12.0 Å². The third-order valence-corrected chi connectivity index (χ3v) is 4.09. The lowest BCUT2D eigenvalue weighted by Gasteiger charge is -2.12. The van der Waals surface area contributed by atoms with Gasteiger partial charge in [0.25, 0.3) is 0 Å². The summed E-state index contributed by atoms with van der Waals surface area (Å²) >= 11 is 1.43. The van der Waals surface area contributed by atoms with Gasteiger partial charge in [0.1, 0.15) is 5.00 Å². The first-order chi connectivity index (χ1) is 8.63. The number of carbonyl (C=O) groups is 2. The molecule has 0 unspecified atom stereocenters. The van der Waals surface area contributed by atoms with Crippen LogP contribution < -0.4 is 11.1 Å². The van der Waals surface area contributed by atoms with E-state index in [9.17, 15) is 9.59 Å². The van der Waals surface area contributed by atoms with Gasteiger partial charge in [0, 0.05) is 4.88 Å². The Morgan fingerprint density at radius 3 is 2.78 bits per heavy atom. The Kier molecular flexibility index (Phi) is 3.86. The lowest BCUT2D eigenvalue weighted by molar-refractivity contribution is 0.0526. The molecule has 1 aliphatic rings. The molecule has 0 radical (unpaired) electrons. The monoisotopic (exact) mass is 268 g/mol. The average Bonchev–Trinajstić information content (AvgIpc) is 2.66.